The summed E-state index contributed by atoms with van der Waals surface area (Å²) in [6.45, 7) is 0.446. The maximum atomic E-state index is 11.4. The average molecular weight is 376 g/mol. The summed E-state index contributed by atoms with van der Waals surface area (Å²) in [7, 11) is 1.33. The molecule has 1 aromatic heterocycles. The van der Waals surface area contributed by atoms with Gasteiger partial charge in [0.15, 0.2) is 0 Å². The molecule has 0 unspecified atom stereocenters. The van der Waals surface area contributed by atoms with Gasteiger partial charge in [0.1, 0.15) is 0 Å². The zero-order chi connectivity index (χ0) is 18.0. The van der Waals surface area contributed by atoms with Gasteiger partial charge in [0.05, 0.1) is 24.9 Å². The molecule has 128 valence electrons. The van der Waals surface area contributed by atoms with Gasteiger partial charge in [-0.25, -0.2) is 4.79 Å². The lowest BCUT2D eigenvalue weighted by Crippen LogP contribution is -2.03. The molecular formula is C18H15Cl2N3O2. The van der Waals surface area contributed by atoms with E-state index in [2.05, 4.69) is 9.84 Å². The first-order chi connectivity index (χ1) is 12.0. The van der Waals surface area contributed by atoms with Crippen LogP contribution >= 0.6 is 23.2 Å². The molecule has 0 saturated heterocycles. The second-order valence-electron chi connectivity index (χ2n) is 5.41. The van der Waals surface area contributed by atoms with Crippen molar-refractivity contribution < 1.29 is 9.53 Å². The van der Waals surface area contributed by atoms with Gasteiger partial charge in [-0.1, -0.05) is 29.3 Å². The van der Waals surface area contributed by atoms with E-state index in [0.29, 0.717) is 28.0 Å². The molecule has 1 heterocycles. The molecule has 3 rings (SSSR count). The summed E-state index contributed by atoms with van der Waals surface area (Å²) in [6, 6.07) is 10.8. The van der Waals surface area contributed by atoms with Crippen LogP contribution in [0.4, 0.5) is 5.69 Å². The number of hydrogen-bond donors (Lipinski definition) is 1. The second kappa shape index (κ2) is 7.17. The van der Waals surface area contributed by atoms with Crippen LogP contribution in [0.25, 0.3) is 17.0 Å². The predicted molar refractivity (Wildman–Crippen MR) is 101 cm³/mol. The van der Waals surface area contributed by atoms with Crippen molar-refractivity contribution in [1.29, 1.82) is 0 Å². The molecule has 0 fully saturated rings. The minimum absolute atomic E-state index is 0.445. The number of anilines is 1. The van der Waals surface area contributed by atoms with Crippen molar-refractivity contribution in [2.24, 2.45) is 0 Å². The Hall–Kier alpha value is -2.50. The van der Waals surface area contributed by atoms with Gasteiger partial charge in [0, 0.05) is 27.2 Å². The Bertz CT molecular complexity index is 980. The molecule has 2 aromatic carbocycles. The summed E-state index contributed by atoms with van der Waals surface area (Å²) in [4.78, 5) is 11.4. The van der Waals surface area contributed by atoms with E-state index in [1.807, 2.05) is 18.2 Å². The van der Waals surface area contributed by atoms with E-state index in [9.17, 15) is 4.79 Å². The highest BCUT2D eigenvalue weighted by atomic mass is 35.5. The fourth-order valence-corrected chi connectivity index (χ4v) is 2.95. The molecule has 2 N–H and O–H groups in total. The number of aromatic nitrogens is 2. The smallest absolute Gasteiger partial charge is 0.330 e. The number of fused-ring (bicyclic) bond motifs is 1. The fourth-order valence-electron chi connectivity index (χ4n) is 2.49. The number of nitrogen functional groups attached to an aromatic ring is 1. The molecule has 25 heavy (non-hydrogen) atoms. The normalized spacial score (nSPS) is 11.3. The molecule has 0 atom stereocenters. The lowest BCUT2D eigenvalue weighted by Gasteiger charge is -2.07. The molecule has 0 saturated carbocycles. The summed E-state index contributed by atoms with van der Waals surface area (Å²) in [6.07, 6.45) is 2.95. The molecule has 3 aromatic rings. The van der Waals surface area contributed by atoms with Crippen LogP contribution < -0.4 is 5.73 Å². The van der Waals surface area contributed by atoms with Crippen molar-refractivity contribution in [2.75, 3.05) is 12.8 Å². The number of hydrogen-bond acceptors (Lipinski definition) is 4. The highest BCUT2D eigenvalue weighted by Gasteiger charge is 2.11. The topological polar surface area (TPSA) is 70.1 Å². The molecule has 0 aliphatic carbocycles. The Kier molecular flexibility index (Phi) is 4.97. The second-order valence-corrected chi connectivity index (χ2v) is 6.26. The van der Waals surface area contributed by atoms with Crippen molar-refractivity contribution >= 4 is 51.8 Å². The van der Waals surface area contributed by atoms with Crippen LogP contribution in [0.2, 0.25) is 10.0 Å². The number of rotatable bonds is 4. The van der Waals surface area contributed by atoms with Gasteiger partial charge in [0.25, 0.3) is 0 Å². The van der Waals surface area contributed by atoms with E-state index < -0.39 is 5.97 Å². The first-order valence-corrected chi connectivity index (χ1v) is 8.19. The summed E-state index contributed by atoms with van der Waals surface area (Å²) in [5.74, 6) is -0.445. The van der Waals surface area contributed by atoms with E-state index in [1.54, 1.807) is 29.0 Å². The third-order valence-electron chi connectivity index (χ3n) is 3.72. The van der Waals surface area contributed by atoms with Crippen molar-refractivity contribution in [1.82, 2.24) is 9.78 Å². The van der Waals surface area contributed by atoms with Gasteiger partial charge in [0.2, 0.25) is 0 Å². The Labute approximate surface area is 154 Å². The summed E-state index contributed by atoms with van der Waals surface area (Å²) in [5, 5.41) is 6.58. The Morgan fingerprint density at radius 1 is 1.28 bits per heavy atom. The molecule has 0 amide bonds. The number of ether oxygens (including phenoxy) is 1. The number of methoxy groups -OCH3 is 1. The highest BCUT2D eigenvalue weighted by Crippen LogP contribution is 2.26. The molecular weight excluding hydrogens is 361 g/mol. The van der Waals surface area contributed by atoms with Crippen molar-refractivity contribution in [3.05, 3.63) is 63.8 Å². The maximum absolute atomic E-state index is 11.4. The zero-order valence-corrected chi connectivity index (χ0v) is 14.9. The van der Waals surface area contributed by atoms with Crippen LogP contribution in [0.1, 0.15) is 11.3 Å². The molecule has 7 heteroatoms. The third-order valence-corrected chi connectivity index (χ3v) is 4.30. The Morgan fingerprint density at radius 3 is 2.80 bits per heavy atom. The predicted octanol–water partition coefficient (Wildman–Crippen LogP) is 4.16. The number of nitrogens with zero attached hydrogens (tertiary/aromatic N) is 2. The van der Waals surface area contributed by atoms with Crippen molar-refractivity contribution in [3.63, 3.8) is 0 Å². The molecule has 0 radical (unpaired) electrons. The molecule has 0 aliphatic rings. The maximum Gasteiger partial charge on any atom is 0.330 e. The zero-order valence-electron chi connectivity index (χ0n) is 13.4. The molecule has 0 bridgehead atoms. The fraction of sp³-hybridized carbons (Fsp3) is 0.111. The summed E-state index contributed by atoms with van der Waals surface area (Å²) >= 11 is 12.2. The Morgan fingerprint density at radius 2 is 2.08 bits per heavy atom. The number of carbonyl (C=O) groups is 1. The van der Waals surface area contributed by atoms with Gasteiger partial charge in [-0.05, 0) is 42.0 Å². The van der Waals surface area contributed by atoms with E-state index in [1.165, 1.54) is 13.2 Å². The minimum Gasteiger partial charge on any atom is -0.466 e. The SMILES string of the molecule is COC(=O)C=Cc1nn(Cc2ccc(Cl)cc2Cl)c2cc(N)ccc12. The van der Waals surface area contributed by atoms with E-state index in [4.69, 9.17) is 28.9 Å². The van der Waals surface area contributed by atoms with E-state index >= 15 is 0 Å². The molecule has 5 nitrogen and oxygen atoms in total. The summed E-state index contributed by atoms with van der Waals surface area (Å²) in [5.41, 5.74) is 8.90. The van der Waals surface area contributed by atoms with Crippen LogP contribution in [0.3, 0.4) is 0 Å². The van der Waals surface area contributed by atoms with Crippen LogP contribution in [-0.2, 0) is 16.1 Å². The van der Waals surface area contributed by atoms with Gasteiger partial charge >= 0.3 is 5.97 Å². The lowest BCUT2D eigenvalue weighted by atomic mass is 10.1. The van der Waals surface area contributed by atoms with Crippen LogP contribution in [0, 0.1) is 0 Å². The first-order valence-electron chi connectivity index (χ1n) is 7.44. The molecule has 0 spiro atoms. The highest BCUT2D eigenvalue weighted by molar-refractivity contribution is 6.35. The summed E-state index contributed by atoms with van der Waals surface area (Å²) < 4.78 is 6.41. The number of nitrogens with two attached hydrogens (primary N) is 1. The van der Waals surface area contributed by atoms with Crippen molar-refractivity contribution in [2.45, 2.75) is 6.54 Å². The van der Waals surface area contributed by atoms with E-state index in [0.717, 1.165) is 16.5 Å². The first kappa shape index (κ1) is 17.3. The average Bonchev–Trinajstić information content (AvgIpc) is 2.92. The quantitative estimate of drug-likeness (QED) is 0.422. The van der Waals surface area contributed by atoms with Gasteiger partial charge in [-0.3, -0.25) is 4.68 Å². The molecule has 0 aliphatic heterocycles. The van der Waals surface area contributed by atoms with E-state index in [-0.39, 0.29) is 0 Å². The number of carbonyl (C=O) groups excluding carboxylic acids is 1. The number of benzene rings is 2. The van der Waals surface area contributed by atoms with Crippen LogP contribution in [-0.4, -0.2) is 22.9 Å². The monoisotopic (exact) mass is 375 g/mol. The van der Waals surface area contributed by atoms with Crippen LogP contribution in [0.5, 0.6) is 0 Å². The lowest BCUT2D eigenvalue weighted by molar-refractivity contribution is -0.134. The van der Waals surface area contributed by atoms with Crippen molar-refractivity contribution in [3.8, 4) is 0 Å². The standard InChI is InChI=1S/C18H15Cl2N3O2/c1-25-18(24)7-6-16-14-5-4-13(21)9-17(14)23(22-16)10-11-2-3-12(19)8-15(11)20/h2-9H,10,21H2,1H3. The number of esters is 1. The minimum atomic E-state index is -0.445. The van der Waals surface area contributed by atoms with Gasteiger partial charge < -0.3 is 10.5 Å². The van der Waals surface area contributed by atoms with Gasteiger partial charge in [-0.15, -0.1) is 0 Å². The Balaban J connectivity index is 2.06. The number of halogens is 2. The van der Waals surface area contributed by atoms with Crippen LogP contribution in [0.15, 0.2) is 42.5 Å². The largest absolute Gasteiger partial charge is 0.466 e. The van der Waals surface area contributed by atoms with Gasteiger partial charge in [-0.2, -0.15) is 5.10 Å². The third kappa shape index (κ3) is 3.78.